The lowest BCUT2D eigenvalue weighted by Gasteiger charge is -2.31. The zero-order chi connectivity index (χ0) is 20.6. The highest BCUT2D eigenvalue weighted by atomic mass is 16.6. The number of carbonyl (C=O) groups is 2. The van der Waals surface area contributed by atoms with E-state index < -0.39 is 12.1 Å². The largest absolute Gasteiger partial charge is 0.459 e. The Morgan fingerprint density at radius 3 is 2.00 bits per heavy atom. The molecule has 5 nitrogen and oxygen atoms in total. The molecular weight excluding hydrogens is 342 g/mol. The molecule has 1 amide bonds. The van der Waals surface area contributed by atoms with E-state index in [0.717, 1.165) is 0 Å². The van der Waals surface area contributed by atoms with Gasteiger partial charge in [0.25, 0.3) is 0 Å². The van der Waals surface area contributed by atoms with Gasteiger partial charge in [-0.15, -0.1) is 0 Å². The van der Waals surface area contributed by atoms with E-state index in [9.17, 15) is 9.59 Å². The zero-order valence-corrected chi connectivity index (χ0v) is 17.4. The van der Waals surface area contributed by atoms with Crippen LogP contribution in [-0.4, -0.2) is 25.3 Å². The normalized spacial score (nSPS) is 13.2. The van der Waals surface area contributed by atoms with Crippen LogP contribution in [0.2, 0.25) is 0 Å². The van der Waals surface area contributed by atoms with Crippen molar-refractivity contribution in [3.8, 4) is 0 Å². The minimum Gasteiger partial charge on any atom is -0.459 e. The summed E-state index contributed by atoms with van der Waals surface area (Å²) in [7, 11) is 0. The Balaban J connectivity index is 2.57. The maximum absolute atomic E-state index is 11.8. The number of hydrogen-bond donors (Lipinski definition) is 1. The Morgan fingerprint density at radius 2 is 1.52 bits per heavy atom. The van der Waals surface area contributed by atoms with Crippen LogP contribution in [0.3, 0.4) is 0 Å². The summed E-state index contributed by atoms with van der Waals surface area (Å²) in [6.07, 6.45) is -0.579. The second kappa shape index (κ2) is 10.8. The summed E-state index contributed by atoms with van der Waals surface area (Å²) < 4.78 is 9.87. The molecule has 1 rings (SSSR count). The fraction of sp³-hybridized carbons (Fsp3) is 0.545. The van der Waals surface area contributed by atoms with Crippen molar-refractivity contribution >= 4 is 17.7 Å². The topological polar surface area (TPSA) is 64.6 Å². The van der Waals surface area contributed by atoms with Gasteiger partial charge in [-0.2, -0.15) is 0 Å². The summed E-state index contributed by atoms with van der Waals surface area (Å²) in [5.74, 6) is 1.67. The predicted octanol–water partition coefficient (Wildman–Crippen LogP) is 5.39. The van der Waals surface area contributed by atoms with E-state index in [-0.39, 0.29) is 13.2 Å². The third kappa shape index (κ3) is 7.45. The van der Waals surface area contributed by atoms with Crippen LogP contribution in [0.1, 0.15) is 53.0 Å². The lowest BCUT2D eigenvalue weighted by atomic mass is 9.74. The number of hydrogen-bond acceptors (Lipinski definition) is 4. The van der Waals surface area contributed by atoms with Crippen LogP contribution < -0.4 is 5.32 Å². The van der Waals surface area contributed by atoms with Crippen LogP contribution in [0.4, 0.5) is 10.5 Å². The zero-order valence-electron chi connectivity index (χ0n) is 17.4. The molecular formula is C22H33NO4. The van der Waals surface area contributed by atoms with Crippen molar-refractivity contribution in [3.63, 3.8) is 0 Å². The van der Waals surface area contributed by atoms with Crippen molar-refractivity contribution in [2.24, 2.45) is 17.8 Å². The fourth-order valence-electron chi connectivity index (χ4n) is 3.04. The molecule has 0 aromatic heterocycles. The van der Waals surface area contributed by atoms with Crippen molar-refractivity contribution in [1.82, 2.24) is 0 Å². The van der Waals surface area contributed by atoms with Crippen LogP contribution in [0.5, 0.6) is 0 Å². The minimum absolute atomic E-state index is 0.00120. The molecule has 0 aliphatic heterocycles. The minimum atomic E-state index is -0.579. The maximum atomic E-state index is 11.8. The monoisotopic (exact) mass is 375 g/mol. The van der Waals surface area contributed by atoms with Crippen LogP contribution in [0.25, 0.3) is 0 Å². The molecule has 0 saturated carbocycles. The van der Waals surface area contributed by atoms with E-state index in [1.54, 1.807) is 6.92 Å². The molecule has 1 aromatic carbocycles. The fourth-order valence-corrected chi connectivity index (χ4v) is 3.04. The number of benzene rings is 1. The quantitative estimate of drug-likeness (QED) is 0.357. The van der Waals surface area contributed by atoms with E-state index >= 15 is 0 Å². The summed E-state index contributed by atoms with van der Waals surface area (Å²) >= 11 is 0. The van der Waals surface area contributed by atoms with Gasteiger partial charge >= 0.3 is 12.1 Å². The molecule has 0 aliphatic carbocycles. The lowest BCUT2D eigenvalue weighted by molar-refractivity contribution is -0.139. The third-order valence-corrected chi connectivity index (χ3v) is 4.78. The van der Waals surface area contributed by atoms with E-state index in [4.69, 9.17) is 9.47 Å². The molecule has 2 unspecified atom stereocenters. The van der Waals surface area contributed by atoms with Crippen molar-refractivity contribution in [3.05, 3.63) is 42.0 Å². The molecule has 0 aliphatic rings. The van der Waals surface area contributed by atoms with Crippen LogP contribution in [0.15, 0.2) is 36.4 Å². The summed E-state index contributed by atoms with van der Waals surface area (Å²) in [5, 5.41) is 2.68. The van der Waals surface area contributed by atoms with Gasteiger partial charge in [-0.1, -0.05) is 53.3 Å². The molecule has 5 heteroatoms. The maximum Gasteiger partial charge on any atom is 0.411 e. The standard InChI is InChI=1S/C22H33NO4/c1-14(2)17(7)20(15(3)4)18-8-10-19(11-9-18)23-22(25)27-13-12-26-21(24)16(5)6/h8-11,14-15,17,20H,5,12-13H2,1-4,6-7H3,(H,23,25). The summed E-state index contributed by atoms with van der Waals surface area (Å²) in [6.45, 7) is 16.3. The Labute approximate surface area is 163 Å². The molecule has 27 heavy (non-hydrogen) atoms. The van der Waals surface area contributed by atoms with Gasteiger partial charge in [0, 0.05) is 11.3 Å². The van der Waals surface area contributed by atoms with E-state index in [0.29, 0.717) is 34.9 Å². The average Bonchev–Trinajstić information content (AvgIpc) is 2.59. The van der Waals surface area contributed by atoms with Gasteiger partial charge in [-0.05, 0) is 48.3 Å². The van der Waals surface area contributed by atoms with Gasteiger partial charge in [-0.3, -0.25) is 5.32 Å². The second-order valence-corrected chi connectivity index (χ2v) is 7.67. The predicted molar refractivity (Wildman–Crippen MR) is 109 cm³/mol. The van der Waals surface area contributed by atoms with E-state index in [1.807, 2.05) is 12.1 Å². The van der Waals surface area contributed by atoms with Gasteiger partial charge in [0.05, 0.1) is 0 Å². The highest BCUT2D eigenvalue weighted by molar-refractivity contribution is 5.87. The van der Waals surface area contributed by atoms with Gasteiger partial charge in [0.2, 0.25) is 0 Å². The third-order valence-electron chi connectivity index (χ3n) is 4.78. The smallest absolute Gasteiger partial charge is 0.411 e. The molecule has 0 fully saturated rings. The Hall–Kier alpha value is -2.30. The summed E-state index contributed by atoms with van der Waals surface area (Å²) in [6, 6.07) is 7.90. The first kappa shape index (κ1) is 22.7. The van der Waals surface area contributed by atoms with Gasteiger partial charge in [0.15, 0.2) is 0 Å². The van der Waals surface area contributed by atoms with E-state index in [1.165, 1.54) is 5.56 Å². The van der Waals surface area contributed by atoms with Crippen LogP contribution in [0, 0.1) is 17.8 Å². The molecule has 0 heterocycles. The van der Waals surface area contributed by atoms with Gasteiger partial charge in [-0.25, -0.2) is 9.59 Å². The number of nitrogens with one attached hydrogen (secondary N) is 1. The van der Waals surface area contributed by atoms with Crippen molar-refractivity contribution in [2.75, 3.05) is 18.5 Å². The van der Waals surface area contributed by atoms with E-state index in [2.05, 4.69) is 58.6 Å². The first-order chi connectivity index (χ1) is 12.6. The lowest BCUT2D eigenvalue weighted by Crippen LogP contribution is -2.20. The SMILES string of the molecule is C=C(C)C(=O)OCCOC(=O)Nc1ccc(C(C(C)C)C(C)C(C)C)cc1. The molecule has 0 radical (unpaired) electrons. The van der Waals surface area contributed by atoms with Gasteiger partial charge in [0.1, 0.15) is 13.2 Å². The molecule has 150 valence electrons. The number of anilines is 1. The molecule has 0 bridgehead atoms. The first-order valence-corrected chi connectivity index (χ1v) is 9.49. The molecule has 0 saturated heterocycles. The second-order valence-electron chi connectivity index (χ2n) is 7.67. The summed E-state index contributed by atoms with van der Waals surface area (Å²) in [4.78, 5) is 23.0. The van der Waals surface area contributed by atoms with Crippen molar-refractivity contribution < 1.29 is 19.1 Å². The highest BCUT2D eigenvalue weighted by Crippen LogP contribution is 2.36. The number of esters is 1. The van der Waals surface area contributed by atoms with Crippen molar-refractivity contribution in [2.45, 2.75) is 47.5 Å². The number of carbonyl (C=O) groups excluding carboxylic acids is 2. The number of rotatable bonds is 9. The molecule has 1 aromatic rings. The van der Waals surface area contributed by atoms with Crippen LogP contribution in [-0.2, 0) is 14.3 Å². The number of amides is 1. The Morgan fingerprint density at radius 1 is 0.963 bits per heavy atom. The van der Waals surface area contributed by atoms with Crippen molar-refractivity contribution in [1.29, 1.82) is 0 Å². The Bertz CT molecular complexity index is 634. The molecule has 1 N–H and O–H groups in total. The highest BCUT2D eigenvalue weighted by Gasteiger charge is 2.24. The molecule has 0 spiro atoms. The summed E-state index contributed by atoms with van der Waals surface area (Å²) in [5.41, 5.74) is 2.25. The van der Waals surface area contributed by atoms with Gasteiger partial charge < -0.3 is 9.47 Å². The number of ether oxygens (including phenoxy) is 2. The first-order valence-electron chi connectivity index (χ1n) is 9.49. The van der Waals surface area contributed by atoms with Crippen LogP contribution >= 0.6 is 0 Å². The average molecular weight is 376 g/mol. The Kier molecular flexibility index (Phi) is 9.06. The molecule has 2 atom stereocenters.